The molecular formula is C15H23ClN2O. The van der Waals surface area contributed by atoms with Crippen LogP contribution in [0.15, 0.2) is 4.99 Å². The molecule has 2 rings (SSSR count). The van der Waals surface area contributed by atoms with Crippen LogP contribution in [0.1, 0.15) is 27.8 Å². The Balaban J connectivity index is 0.00000180. The molecule has 0 saturated carbocycles. The van der Waals surface area contributed by atoms with Crippen molar-refractivity contribution in [2.24, 2.45) is 4.99 Å². The molecule has 0 saturated heterocycles. The highest BCUT2D eigenvalue weighted by molar-refractivity contribution is 5.86. The van der Waals surface area contributed by atoms with E-state index in [1.54, 1.807) is 7.11 Å². The minimum Gasteiger partial charge on any atom is -0.496 e. The van der Waals surface area contributed by atoms with Crippen molar-refractivity contribution in [1.29, 1.82) is 0 Å². The van der Waals surface area contributed by atoms with E-state index >= 15 is 0 Å². The summed E-state index contributed by atoms with van der Waals surface area (Å²) in [5.74, 6) is 2.14. The fourth-order valence-corrected chi connectivity index (χ4v) is 2.66. The highest BCUT2D eigenvalue weighted by atomic mass is 35.5. The molecule has 1 aromatic rings. The molecular weight excluding hydrogens is 260 g/mol. The smallest absolute Gasteiger partial charge is 0.125 e. The molecule has 0 aromatic heterocycles. The first kappa shape index (κ1) is 15.8. The monoisotopic (exact) mass is 282 g/mol. The minimum atomic E-state index is 0. The molecule has 1 heterocycles. The van der Waals surface area contributed by atoms with Gasteiger partial charge in [0.05, 0.1) is 13.7 Å². The maximum atomic E-state index is 5.52. The van der Waals surface area contributed by atoms with Crippen LogP contribution in [0.2, 0.25) is 0 Å². The summed E-state index contributed by atoms with van der Waals surface area (Å²) in [5, 5.41) is 3.35. The van der Waals surface area contributed by atoms with Crippen LogP contribution in [-0.4, -0.2) is 26.0 Å². The van der Waals surface area contributed by atoms with Crippen molar-refractivity contribution >= 4 is 18.2 Å². The Kier molecular flexibility index (Phi) is 5.24. The van der Waals surface area contributed by atoms with Crippen molar-refractivity contribution < 1.29 is 4.74 Å². The summed E-state index contributed by atoms with van der Waals surface area (Å²) in [7, 11) is 1.75. The summed E-state index contributed by atoms with van der Waals surface area (Å²) in [6.45, 7) is 10.5. The fourth-order valence-electron chi connectivity index (χ4n) is 2.66. The molecule has 3 nitrogen and oxygen atoms in total. The lowest BCUT2D eigenvalue weighted by Crippen LogP contribution is -2.21. The number of nitrogens with one attached hydrogen (secondary N) is 1. The maximum absolute atomic E-state index is 5.52. The first-order valence-electron chi connectivity index (χ1n) is 6.46. The minimum absolute atomic E-state index is 0. The Morgan fingerprint density at radius 2 is 1.63 bits per heavy atom. The van der Waals surface area contributed by atoms with Gasteiger partial charge in [0, 0.05) is 13.0 Å². The number of rotatable bonds is 3. The van der Waals surface area contributed by atoms with Gasteiger partial charge in [0.2, 0.25) is 0 Å². The van der Waals surface area contributed by atoms with Crippen LogP contribution >= 0.6 is 12.4 Å². The van der Waals surface area contributed by atoms with Gasteiger partial charge in [-0.2, -0.15) is 0 Å². The summed E-state index contributed by atoms with van der Waals surface area (Å²) < 4.78 is 5.52. The lowest BCUT2D eigenvalue weighted by atomic mass is 9.91. The average molecular weight is 283 g/mol. The molecule has 1 aliphatic rings. The molecule has 0 bridgehead atoms. The Hall–Kier alpha value is -1.22. The number of nitrogens with zero attached hydrogens (tertiary/aromatic N) is 1. The van der Waals surface area contributed by atoms with E-state index in [0.29, 0.717) is 0 Å². The predicted octanol–water partition coefficient (Wildman–Crippen LogP) is 2.89. The average Bonchev–Trinajstić information content (AvgIpc) is 2.86. The Morgan fingerprint density at radius 1 is 1.05 bits per heavy atom. The lowest BCUT2D eigenvalue weighted by molar-refractivity contribution is 0.407. The summed E-state index contributed by atoms with van der Waals surface area (Å²) >= 11 is 0. The second kappa shape index (κ2) is 6.29. The number of ether oxygens (including phenoxy) is 1. The summed E-state index contributed by atoms with van der Waals surface area (Å²) in [4.78, 5) is 4.49. The predicted molar refractivity (Wildman–Crippen MR) is 83.2 cm³/mol. The zero-order valence-electron chi connectivity index (χ0n) is 12.4. The van der Waals surface area contributed by atoms with Crippen LogP contribution in [0.3, 0.4) is 0 Å². The van der Waals surface area contributed by atoms with Crippen LogP contribution in [0.25, 0.3) is 0 Å². The van der Waals surface area contributed by atoms with Crippen molar-refractivity contribution in [1.82, 2.24) is 5.32 Å². The van der Waals surface area contributed by atoms with Gasteiger partial charge in [-0.05, 0) is 55.5 Å². The molecule has 0 amide bonds. The third-order valence-electron chi connectivity index (χ3n) is 4.00. The van der Waals surface area contributed by atoms with Gasteiger partial charge in [0.25, 0.3) is 0 Å². The number of hydrogen-bond donors (Lipinski definition) is 1. The third kappa shape index (κ3) is 2.86. The molecule has 1 aliphatic heterocycles. The van der Waals surface area contributed by atoms with E-state index < -0.39 is 0 Å². The molecule has 4 heteroatoms. The lowest BCUT2D eigenvalue weighted by Gasteiger charge is -2.19. The van der Waals surface area contributed by atoms with Gasteiger partial charge in [-0.1, -0.05) is 0 Å². The molecule has 0 spiro atoms. The number of halogens is 1. The second-order valence-corrected chi connectivity index (χ2v) is 4.94. The standard InChI is InChI=1S/C15H22N2O.ClH/c1-9-11(3)15(18-5)12(4)10(2)13(9)8-14-16-6-7-17-14;/h6-8H2,1-5H3,(H,16,17);1H. The van der Waals surface area contributed by atoms with Crippen LogP contribution in [-0.2, 0) is 6.42 Å². The highest BCUT2D eigenvalue weighted by Gasteiger charge is 2.17. The molecule has 0 fully saturated rings. The number of aliphatic imine (C=N–C) groups is 1. The molecule has 0 unspecified atom stereocenters. The van der Waals surface area contributed by atoms with Crippen molar-refractivity contribution in [2.75, 3.05) is 20.2 Å². The SMILES string of the molecule is COc1c(C)c(C)c(CC2=NCCN2)c(C)c1C.Cl. The Morgan fingerprint density at radius 3 is 2.05 bits per heavy atom. The van der Waals surface area contributed by atoms with Crippen molar-refractivity contribution in [2.45, 2.75) is 34.1 Å². The van der Waals surface area contributed by atoms with E-state index in [0.717, 1.165) is 31.1 Å². The largest absolute Gasteiger partial charge is 0.496 e. The van der Waals surface area contributed by atoms with Crippen LogP contribution in [0, 0.1) is 27.7 Å². The van der Waals surface area contributed by atoms with E-state index in [4.69, 9.17) is 4.74 Å². The Bertz CT molecular complexity index is 480. The van der Waals surface area contributed by atoms with Gasteiger partial charge in [-0.15, -0.1) is 12.4 Å². The molecule has 0 radical (unpaired) electrons. The number of amidine groups is 1. The number of methoxy groups -OCH3 is 1. The molecule has 1 N–H and O–H groups in total. The highest BCUT2D eigenvalue weighted by Crippen LogP contribution is 2.32. The zero-order chi connectivity index (χ0) is 13.3. The molecule has 19 heavy (non-hydrogen) atoms. The van der Waals surface area contributed by atoms with Crippen LogP contribution in [0.4, 0.5) is 0 Å². The van der Waals surface area contributed by atoms with Gasteiger partial charge in [0.15, 0.2) is 0 Å². The van der Waals surface area contributed by atoms with Gasteiger partial charge in [-0.3, -0.25) is 4.99 Å². The normalized spacial score (nSPS) is 13.6. The molecule has 0 atom stereocenters. The number of hydrogen-bond acceptors (Lipinski definition) is 3. The van der Waals surface area contributed by atoms with Crippen LogP contribution < -0.4 is 10.1 Å². The van der Waals surface area contributed by atoms with Gasteiger partial charge in [-0.25, -0.2) is 0 Å². The zero-order valence-corrected chi connectivity index (χ0v) is 13.2. The van der Waals surface area contributed by atoms with E-state index in [-0.39, 0.29) is 12.4 Å². The van der Waals surface area contributed by atoms with E-state index in [9.17, 15) is 0 Å². The van der Waals surface area contributed by atoms with Gasteiger partial charge < -0.3 is 10.1 Å². The first-order valence-corrected chi connectivity index (χ1v) is 6.46. The fraction of sp³-hybridized carbons (Fsp3) is 0.533. The van der Waals surface area contributed by atoms with Gasteiger partial charge in [0.1, 0.15) is 11.6 Å². The molecule has 1 aromatic carbocycles. The van der Waals surface area contributed by atoms with E-state index in [2.05, 4.69) is 38.0 Å². The second-order valence-electron chi connectivity index (χ2n) is 4.94. The van der Waals surface area contributed by atoms with Crippen molar-refractivity contribution in [3.8, 4) is 5.75 Å². The van der Waals surface area contributed by atoms with E-state index in [1.165, 1.54) is 27.8 Å². The molecule has 106 valence electrons. The first-order chi connectivity index (χ1) is 8.56. The number of benzene rings is 1. The van der Waals surface area contributed by atoms with Gasteiger partial charge >= 0.3 is 0 Å². The summed E-state index contributed by atoms with van der Waals surface area (Å²) in [5.41, 5.74) is 6.53. The summed E-state index contributed by atoms with van der Waals surface area (Å²) in [6.07, 6.45) is 0.906. The maximum Gasteiger partial charge on any atom is 0.125 e. The van der Waals surface area contributed by atoms with Crippen molar-refractivity contribution in [3.63, 3.8) is 0 Å². The third-order valence-corrected chi connectivity index (χ3v) is 4.00. The topological polar surface area (TPSA) is 33.6 Å². The summed E-state index contributed by atoms with van der Waals surface area (Å²) in [6, 6.07) is 0. The van der Waals surface area contributed by atoms with Crippen molar-refractivity contribution in [3.05, 3.63) is 27.8 Å². The van der Waals surface area contributed by atoms with Crippen LogP contribution in [0.5, 0.6) is 5.75 Å². The Labute approximate surface area is 121 Å². The quantitative estimate of drug-likeness (QED) is 0.925. The molecule has 0 aliphatic carbocycles. The van der Waals surface area contributed by atoms with E-state index in [1.807, 2.05) is 0 Å².